The van der Waals surface area contributed by atoms with Gasteiger partial charge in [0.25, 0.3) is 0 Å². The predicted octanol–water partition coefficient (Wildman–Crippen LogP) is 1.94. The van der Waals surface area contributed by atoms with Gasteiger partial charge in [-0.2, -0.15) is 0 Å². The van der Waals surface area contributed by atoms with Crippen molar-refractivity contribution in [3.05, 3.63) is 11.1 Å². The number of aromatic nitrogens is 1. The molecule has 4 heteroatoms. The van der Waals surface area contributed by atoms with Crippen molar-refractivity contribution in [2.24, 2.45) is 0 Å². The number of ketones is 1. The Balaban J connectivity index is 2.16. The summed E-state index contributed by atoms with van der Waals surface area (Å²) in [5.41, 5.74) is 0. The smallest absolute Gasteiger partial charge is 0.185 e. The van der Waals surface area contributed by atoms with Gasteiger partial charge in [0, 0.05) is 20.0 Å². The highest BCUT2D eigenvalue weighted by atomic mass is 32.1. The summed E-state index contributed by atoms with van der Waals surface area (Å²) in [5.74, 6) is 0.105. The molecule has 0 radical (unpaired) electrons. The molecule has 1 aliphatic carbocycles. The van der Waals surface area contributed by atoms with Gasteiger partial charge < -0.3 is 4.90 Å². The minimum atomic E-state index is 0.105. The van der Waals surface area contributed by atoms with Gasteiger partial charge in [0.1, 0.15) is 0 Å². The van der Waals surface area contributed by atoms with Gasteiger partial charge in [0.15, 0.2) is 10.9 Å². The Hall–Kier alpha value is -0.900. The SMILES string of the molecule is CC(=O)c1cnc(N(C)C2CC2)s1. The number of thiazole rings is 1. The molecule has 70 valence electrons. The largest absolute Gasteiger partial charge is 0.348 e. The number of rotatable bonds is 3. The highest BCUT2D eigenvalue weighted by Crippen LogP contribution is 2.32. The fourth-order valence-corrected chi connectivity index (χ4v) is 2.05. The maximum Gasteiger partial charge on any atom is 0.185 e. The third-order valence-electron chi connectivity index (χ3n) is 2.24. The summed E-state index contributed by atoms with van der Waals surface area (Å²) in [7, 11) is 2.04. The van der Waals surface area contributed by atoms with Gasteiger partial charge in [-0.05, 0) is 12.8 Å². The summed E-state index contributed by atoms with van der Waals surface area (Å²) < 4.78 is 0. The Labute approximate surface area is 81.4 Å². The van der Waals surface area contributed by atoms with Crippen LogP contribution in [0.3, 0.4) is 0 Å². The second kappa shape index (κ2) is 3.10. The van der Waals surface area contributed by atoms with Crippen molar-refractivity contribution in [2.45, 2.75) is 25.8 Å². The molecule has 2 rings (SSSR count). The van der Waals surface area contributed by atoms with E-state index in [-0.39, 0.29) is 5.78 Å². The highest BCUT2D eigenvalue weighted by Gasteiger charge is 2.28. The molecular weight excluding hydrogens is 184 g/mol. The van der Waals surface area contributed by atoms with E-state index in [2.05, 4.69) is 9.88 Å². The van der Waals surface area contributed by atoms with Gasteiger partial charge in [-0.1, -0.05) is 11.3 Å². The first kappa shape index (κ1) is 8.69. The van der Waals surface area contributed by atoms with Gasteiger partial charge in [0.05, 0.1) is 11.1 Å². The van der Waals surface area contributed by atoms with E-state index < -0.39 is 0 Å². The summed E-state index contributed by atoms with van der Waals surface area (Å²) in [4.78, 5) is 18.2. The Morgan fingerprint density at radius 2 is 2.38 bits per heavy atom. The Morgan fingerprint density at radius 1 is 1.69 bits per heavy atom. The van der Waals surface area contributed by atoms with Gasteiger partial charge in [-0.25, -0.2) is 4.98 Å². The second-order valence-electron chi connectivity index (χ2n) is 3.41. The summed E-state index contributed by atoms with van der Waals surface area (Å²) >= 11 is 1.48. The maximum atomic E-state index is 11.0. The van der Waals surface area contributed by atoms with Crippen LogP contribution in [-0.2, 0) is 0 Å². The lowest BCUT2D eigenvalue weighted by Gasteiger charge is -2.13. The van der Waals surface area contributed by atoms with Crippen LogP contribution in [0, 0.1) is 0 Å². The van der Waals surface area contributed by atoms with Crippen LogP contribution in [0.2, 0.25) is 0 Å². The quantitative estimate of drug-likeness (QED) is 0.693. The topological polar surface area (TPSA) is 33.2 Å². The average Bonchev–Trinajstić information content (AvgIpc) is 2.81. The first-order valence-corrected chi connectivity index (χ1v) is 5.19. The van der Waals surface area contributed by atoms with E-state index in [0.29, 0.717) is 6.04 Å². The molecule has 0 N–H and O–H groups in total. The van der Waals surface area contributed by atoms with Crippen LogP contribution in [0.4, 0.5) is 5.13 Å². The van der Waals surface area contributed by atoms with Gasteiger partial charge in [-0.15, -0.1) is 0 Å². The third kappa shape index (κ3) is 1.72. The van der Waals surface area contributed by atoms with Crippen molar-refractivity contribution in [3.63, 3.8) is 0 Å². The van der Waals surface area contributed by atoms with E-state index in [4.69, 9.17) is 0 Å². The Kier molecular flexibility index (Phi) is 2.07. The standard InChI is InChI=1S/C9H12N2OS/c1-6(12)8-5-10-9(13-8)11(2)7-3-4-7/h5,7H,3-4H2,1-2H3. The molecule has 0 aliphatic heterocycles. The van der Waals surface area contributed by atoms with Crippen molar-refractivity contribution in [2.75, 3.05) is 11.9 Å². The number of Topliss-reactive ketones (excluding diaryl/α,β-unsaturated/α-hetero) is 1. The van der Waals surface area contributed by atoms with Crippen LogP contribution in [0.25, 0.3) is 0 Å². The molecule has 1 fully saturated rings. The van der Waals surface area contributed by atoms with E-state index in [1.54, 1.807) is 13.1 Å². The zero-order chi connectivity index (χ0) is 9.42. The molecule has 1 aromatic heterocycles. The van der Waals surface area contributed by atoms with E-state index in [1.165, 1.54) is 24.2 Å². The molecule has 0 spiro atoms. The summed E-state index contributed by atoms with van der Waals surface area (Å²) in [6.07, 6.45) is 4.18. The van der Waals surface area contributed by atoms with Crippen molar-refractivity contribution in [1.82, 2.24) is 4.98 Å². The second-order valence-corrected chi connectivity index (χ2v) is 4.41. The number of nitrogens with zero attached hydrogens (tertiary/aromatic N) is 2. The van der Waals surface area contributed by atoms with E-state index in [9.17, 15) is 4.79 Å². The molecule has 1 aromatic rings. The van der Waals surface area contributed by atoms with Crippen LogP contribution >= 0.6 is 11.3 Å². The zero-order valence-electron chi connectivity index (χ0n) is 7.78. The number of carbonyl (C=O) groups excluding carboxylic acids is 1. The first-order valence-electron chi connectivity index (χ1n) is 4.38. The molecule has 0 unspecified atom stereocenters. The van der Waals surface area contributed by atoms with Crippen LogP contribution in [-0.4, -0.2) is 23.9 Å². The minimum absolute atomic E-state index is 0.105. The molecule has 0 bridgehead atoms. The fourth-order valence-electron chi connectivity index (χ4n) is 1.21. The molecule has 0 atom stereocenters. The van der Waals surface area contributed by atoms with Gasteiger partial charge in [-0.3, -0.25) is 4.79 Å². The van der Waals surface area contributed by atoms with Gasteiger partial charge >= 0.3 is 0 Å². The van der Waals surface area contributed by atoms with Crippen molar-refractivity contribution < 1.29 is 4.79 Å². The average molecular weight is 196 g/mol. The van der Waals surface area contributed by atoms with Gasteiger partial charge in [0.2, 0.25) is 0 Å². The Morgan fingerprint density at radius 3 is 2.85 bits per heavy atom. The summed E-state index contributed by atoms with van der Waals surface area (Å²) in [6.45, 7) is 1.58. The lowest BCUT2D eigenvalue weighted by atomic mass is 10.4. The zero-order valence-corrected chi connectivity index (χ0v) is 8.60. The molecule has 1 aliphatic rings. The Bertz CT molecular complexity index is 330. The monoisotopic (exact) mass is 196 g/mol. The van der Waals surface area contributed by atoms with Crippen molar-refractivity contribution in [1.29, 1.82) is 0 Å². The molecule has 0 saturated heterocycles. The lowest BCUT2D eigenvalue weighted by Crippen LogP contribution is -2.18. The molecule has 1 heterocycles. The lowest BCUT2D eigenvalue weighted by molar-refractivity contribution is 0.102. The predicted molar refractivity (Wildman–Crippen MR) is 53.5 cm³/mol. The molecule has 0 aromatic carbocycles. The molecule has 0 amide bonds. The molecule has 3 nitrogen and oxygen atoms in total. The number of carbonyl (C=O) groups is 1. The van der Waals surface area contributed by atoms with Crippen LogP contribution in [0.5, 0.6) is 0 Å². The first-order chi connectivity index (χ1) is 6.18. The van der Waals surface area contributed by atoms with E-state index >= 15 is 0 Å². The summed E-state index contributed by atoms with van der Waals surface area (Å²) in [5, 5.41) is 0.965. The normalized spacial score (nSPS) is 15.8. The molecule has 13 heavy (non-hydrogen) atoms. The van der Waals surface area contributed by atoms with Crippen molar-refractivity contribution >= 4 is 22.3 Å². The number of hydrogen-bond acceptors (Lipinski definition) is 4. The number of hydrogen-bond donors (Lipinski definition) is 0. The highest BCUT2D eigenvalue weighted by molar-refractivity contribution is 7.17. The minimum Gasteiger partial charge on any atom is -0.348 e. The summed E-state index contributed by atoms with van der Waals surface area (Å²) in [6, 6.07) is 0.658. The van der Waals surface area contributed by atoms with E-state index in [1.807, 2.05) is 7.05 Å². The fraction of sp³-hybridized carbons (Fsp3) is 0.556. The molecular formula is C9H12N2OS. The van der Waals surface area contributed by atoms with E-state index in [0.717, 1.165) is 10.0 Å². The molecule has 1 saturated carbocycles. The maximum absolute atomic E-state index is 11.0. The number of anilines is 1. The van der Waals surface area contributed by atoms with Crippen LogP contribution < -0.4 is 4.90 Å². The third-order valence-corrected chi connectivity index (χ3v) is 3.43. The van der Waals surface area contributed by atoms with Crippen LogP contribution in [0.1, 0.15) is 29.4 Å². The van der Waals surface area contributed by atoms with Crippen LogP contribution in [0.15, 0.2) is 6.20 Å². The van der Waals surface area contributed by atoms with Crippen molar-refractivity contribution in [3.8, 4) is 0 Å².